The summed E-state index contributed by atoms with van der Waals surface area (Å²) < 4.78 is 25.7. The number of halogens is 3. The standard InChI is InChI=1S/C8H5ClF2O3/c9-4-2-5(10)3(1-6(4)11)7(12)8(13)14/h1-2,7,12H,(H,13,14)/t7-/m1/s1. The number of aliphatic hydroxyl groups is 1. The van der Waals surface area contributed by atoms with Crippen LogP contribution in [0.3, 0.4) is 0 Å². The minimum absolute atomic E-state index is 0.469. The highest BCUT2D eigenvalue weighted by molar-refractivity contribution is 6.30. The van der Waals surface area contributed by atoms with E-state index in [0.29, 0.717) is 12.1 Å². The lowest BCUT2D eigenvalue weighted by molar-refractivity contribution is -0.147. The molecule has 0 saturated carbocycles. The largest absolute Gasteiger partial charge is 0.479 e. The molecular weight excluding hydrogens is 218 g/mol. The van der Waals surface area contributed by atoms with Gasteiger partial charge in [-0.2, -0.15) is 0 Å². The Bertz CT molecular complexity index is 381. The summed E-state index contributed by atoms with van der Waals surface area (Å²) in [5, 5.41) is 16.8. The molecule has 0 aliphatic carbocycles. The van der Waals surface area contributed by atoms with Gasteiger partial charge in [-0.15, -0.1) is 0 Å². The third-order valence-corrected chi connectivity index (χ3v) is 1.86. The molecule has 2 N–H and O–H groups in total. The quantitative estimate of drug-likeness (QED) is 0.750. The maximum Gasteiger partial charge on any atom is 0.337 e. The van der Waals surface area contributed by atoms with Crippen molar-refractivity contribution in [2.24, 2.45) is 0 Å². The van der Waals surface area contributed by atoms with E-state index < -0.39 is 34.3 Å². The third-order valence-electron chi connectivity index (χ3n) is 1.57. The molecular formula is C8H5ClF2O3. The Morgan fingerprint density at radius 3 is 2.43 bits per heavy atom. The van der Waals surface area contributed by atoms with Crippen molar-refractivity contribution >= 4 is 17.6 Å². The third kappa shape index (κ3) is 2.00. The van der Waals surface area contributed by atoms with Crippen LogP contribution in [0.4, 0.5) is 8.78 Å². The summed E-state index contributed by atoms with van der Waals surface area (Å²) in [5.41, 5.74) is -0.653. The molecule has 0 aliphatic heterocycles. The van der Waals surface area contributed by atoms with Crippen molar-refractivity contribution < 1.29 is 23.8 Å². The summed E-state index contributed by atoms with van der Waals surface area (Å²) in [4.78, 5) is 10.3. The molecule has 0 bridgehead atoms. The van der Waals surface area contributed by atoms with E-state index in [-0.39, 0.29) is 0 Å². The molecule has 3 nitrogen and oxygen atoms in total. The van der Waals surface area contributed by atoms with Crippen molar-refractivity contribution in [3.8, 4) is 0 Å². The van der Waals surface area contributed by atoms with Crippen molar-refractivity contribution in [3.05, 3.63) is 34.4 Å². The number of carboxylic acid groups (broad SMARTS) is 1. The van der Waals surface area contributed by atoms with E-state index in [9.17, 15) is 13.6 Å². The molecule has 1 aromatic carbocycles. The number of carbonyl (C=O) groups is 1. The minimum atomic E-state index is -2.10. The normalized spacial score (nSPS) is 12.6. The maximum atomic E-state index is 13.0. The fraction of sp³-hybridized carbons (Fsp3) is 0.125. The van der Waals surface area contributed by atoms with Gasteiger partial charge in [-0.3, -0.25) is 0 Å². The van der Waals surface area contributed by atoms with E-state index >= 15 is 0 Å². The highest BCUT2D eigenvalue weighted by Crippen LogP contribution is 2.23. The van der Waals surface area contributed by atoms with Crippen LogP contribution in [0.2, 0.25) is 5.02 Å². The van der Waals surface area contributed by atoms with Crippen molar-refractivity contribution in [2.45, 2.75) is 6.10 Å². The molecule has 0 spiro atoms. The second-order valence-electron chi connectivity index (χ2n) is 2.53. The highest BCUT2D eigenvalue weighted by Gasteiger charge is 2.21. The van der Waals surface area contributed by atoms with Crippen molar-refractivity contribution in [1.82, 2.24) is 0 Å². The Morgan fingerprint density at radius 2 is 1.93 bits per heavy atom. The van der Waals surface area contributed by atoms with Gasteiger partial charge in [0.2, 0.25) is 0 Å². The number of aliphatic carboxylic acids is 1. The van der Waals surface area contributed by atoms with Gasteiger partial charge < -0.3 is 10.2 Å². The van der Waals surface area contributed by atoms with Gasteiger partial charge in [-0.1, -0.05) is 11.6 Å². The smallest absolute Gasteiger partial charge is 0.337 e. The zero-order valence-corrected chi connectivity index (χ0v) is 7.42. The molecule has 0 fully saturated rings. The summed E-state index contributed by atoms with van der Waals surface area (Å²) in [7, 11) is 0. The van der Waals surface area contributed by atoms with Gasteiger partial charge in [0.05, 0.1) is 5.02 Å². The Kier molecular flexibility index (Phi) is 3.03. The van der Waals surface area contributed by atoms with Gasteiger partial charge in [0, 0.05) is 5.56 Å². The number of aliphatic hydroxyl groups excluding tert-OH is 1. The Labute approximate surface area is 82.5 Å². The molecule has 0 radical (unpaired) electrons. The van der Waals surface area contributed by atoms with Crippen LogP contribution in [0.1, 0.15) is 11.7 Å². The van der Waals surface area contributed by atoms with Crippen molar-refractivity contribution in [2.75, 3.05) is 0 Å². The first-order valence-corrected chi connectivity index (χ1v) is 3.86. The van der Waals surface area contributed by atoms with Crippen LogP contribution in [-0.2, 0) is 4.79 Å². The van der Waals surface area contributed by atoms with Crippen LogP contribution in [-0.4, -0.2) is 16.2 Å². The molecule has 76 valence electrons. The molecule has 1 rings (SSSR count). The Balaban J connectivity index is 3.22. The van der Waals surface area contributed by atoms with Gasteiger partial charge in [0.1, 0.15) is 11.6 Å². The number of carboxylic acids is 1. The van der Waals surface area contributed by atoms with Crippen LogP contribution in [0.5, 0.6) is 0 Å². The molecule has 0 amide bonds. The van der Waals surface area contributed by atoms with Crippen LogP contribution in [0.15, 0.2) is 12.1 Å². The number of benzene rings is 1. The number of hydrogen-bond acceptors (Lipinski definition) is 2. The lowest BCUT2D eigenvalue weighted by Gasteiger charge is -2.07. The monoisotopic (exact) mass is 222 g/mol. The first kappa shape index (κ1) is 10.9. The molecule has 0 unspecified atom stereocenters. The summed E-state index contributed by atoms with van der Waals surface area (Å²) >= 11 is 5.23. The SMILES string of the molecule is O=C(O)[C@H](O)c1cc(F)c(Cl)cc1F. The fourth-order valence-electron chi connectivity index (χ4n) is 0.881. The average molecular weight is 223 g/mol. The second kappa shape index (κ2) is 3.89. The van der Waals surface area contributed by atoms with Gasteiger partial charge in [-0.25, -0.2) is 13.6 Å². The summed E-state index contributed by atoms with van der Waals surface area (Å²) in [6.07, 6.45) is -2.10. The van der Waals surface area contributed by atoms with Gasteiger partial charge in [0.25, 0.3) is 0 Å². The number of rotatable bonds is 2. The summed E-state index contributed by atoms with van der Waals surface area (Å²) in [6, 6.07) is 1.16. The van der Waals surface area contributed by atoms with Crippen LogP contribution < -0.4 is 0 Å². The fourth-order valence-corrected chi connectivity index (χ4v) is 1.03. The highest BCUT2D eigenvalue weighted by atomic mass is 35.5. The second-order valence-corrected chi connectivity index (χ2v) is 2.94. The summed E-state index contributed by atoms with van der Waals surface area (Å²) in [5.74, 6) is -3.71. The first-order valence-electron chi connectivity index (χ1n) is 3.48. The maximum absolute atomic E-state index is 13.0. The lowest BCUT2D eigenvalue weighted by atomic mass is 10.1. The minimum Gasteiger partial charge on any atom is -0.479 e. The topological polar surface area (TPSA) is 57.5 Å². The molecule has 0 saturated heterocycles. The van der Waals surface area contributed by atoms with Crippen LogP contribution in [0.25, 0.3) is 0 Å². The first-order chi connectivity index (χ1) is 6.43. The van der Waals surface area contributed by atoms with E-state index in [1.165, 1.54) is 0 Å². The van der Waals surface area contributed by atoms with Crippen LogP contribution in [0, 0.1) is 11.6 Å². The molecule has 6 heteroatoms. The molecule has 1 atom stereocenters. The Morgan fingerprint density at radius 1 is 1.36 bits per heavy atom. The van der Waals surface area contributed by atoms with E-state index in [2.05, 4.69) is 0 Å². The lowest BCUT2D eigenvalue weighted by Crippen LogP contribution is -2.12. The van der Waals surface area contributed by atoms with Gasteiger partial charge in [-0.05, 0) is 12.1 Å². The van der Waals surface area contributed by atoms with E-state index in [0.717, 1.165) is 0 Å². The van der Waals surface area contributed by atoms with Gasteiger partial charge in [0.15, 0.2) is 6.10 Å². The van der Waals surface area contributed by atoms with E-state index in [4.69, 9.17) is 21.8 Å². The molecule has 0 aliphatic rings. The average Bonchev–Trinajstić information content (AvgIpc) is 2.10. The molecule has 0 aromatic heterocycles. The predicted octanol–water partition coefficient (Wildman–Crippen LogP) is 1.74. The van der Waals surface area contributed by atoms with E-state index in [1.54, 1.807) is 0 Å². The summed E-state index contributed by atoms with van der Waals surface area (Å²) in [6.45, 7) is 0. The molecule has 14 heavy (non-hydrogen) atoms. The zero-order valence-electron chi connectivity index (χ0n) is 6.67. The predicted molar refractivity (Wildman–Crippen MR) is 44.0 cm³/mol. The number of hydrogen-bond donors (Lipinski definition) is 2. The van der Waals surface area contributed by atoms with E-state index in [1.807, 2.05) is 0 Å². The molecule has 0 heterocycles. The van der Waals surface area contributed by atoms with Crippen LogP contribution >= 0.6 is 11.6 Å². The zero-order chi connectivity index (χ0) is 10.9. The van der Waals surface area contributed by atoms with Gasteiger partial charge >= 0.3 is 5.97 Å². The molecule has 1 aromatic rings. The van der Waals surface area contributed by atoms with Crippen molar-refractivity contribution in [3.63, 3.8) is 0 Å². The van der Waals surface area contributed by atoms with Crippen molar-refractivity contribution in [1.29, 1.82) is 0 Å². The Hall–Kier alpha value is -1.20.